The van der Waals surface area contributed by atoms with E-state index in [1.807, 2.05) is 13.1 Å². The third kappa shape index (κ3) is 7.34. The first-order valence-electron chi connectivity index (χ1n) is 3.72. The number of nitrogens with zero attached hydrogens (tertiary/aromatic N) is 1. The Morgan fingerprint density at radius 2 is 2.20 bits per heavy atom. The fourth-order valence-corrected chi connectivity index (χ4v) is 0.755. The van der Waals surface area contributed by atoms with Crippen LogP contribution in [-0.4, -0.2) is 19.0 Å². The van der Waals surface area contributed by atoms with E-state index < -0.39 is 0 Å². The molecule has 0 saturated carbocycles. The van der Waals surface area contributed by atoms with Crippen LogP contribution in [0.4, 0.5) is 0 Å². The van der Waals surface area contributed by atoms with Crippen molar-refractivity contribution < 1.29 is 0 Å². The molecule has 0 aliphatic heterocycles. The zero-order valence-electron chi connectivity index (χ0n) is 6.85. The minimum atomic E-state index is 0.786. The van der Waals surface area contributed by atoms with Crippen LogP contribution in [0.5, 0.6) is 0 Å². The summed E-state index contributed by atoms with van der Waals surface area (Å²) in [5, 5.41) is 7.14. The zero-order chi connectivity index (χ0) is 7.82. The fourth-order valence-electron chi connectivity index (χ4n) is 0.755. The SMILES string of the molecule is CN=CCCCCC(C)=N. The van der Waals surface area contributed by atoms with E-state index in [4.69, 9.17) is 5.41 Å². The summed E-state index contributed by atoms with van der Waals surface area (Å²) in [6.07, 6.45) is 6.22. The van der Waals surface area contributed by atoms with E-state index >= 15 is 0 Å². The van der Waals surface area contributed by atoms with Crippen LogP contribution < -0.4 is 0 Å². The summed E-state index contributed by atoms with van der Waals surface area (Å²) in [6.45, 7) is 1.86. The van der Waals surface area contributed by atoms with E-state index in [2.05, 4.69) is 4.99 Å². The monoisotopic (exact) mass is 140 g/mol. The van der Waals surface area contributed by atoms with Crippen molar-refractivity contribution in [1.29, 1.82) is 5.41 Å². The van der Waals surface area contributed by atoms with Crippen molar-refractivity contribution in [1.82, 2.24) is 0 Å². The summed E-state index contributed by atoms with van der Waals surface area (Å²) in [4.78, 5) is 3.87. The van der Waals surface area contributed by atoms with Crippen LogP contribution in [0.1, 0.15) is 32.6 Å². The van der Waals surface area contributed by atoms with Crippen molar-refractivity contribution in [2.24, 2.45) is 4.99 Å². The maximum Gasteiger partial charge on any atom is 0.0273 e. The number of unbranched alkanes of at least 4 members (excludes halogenated alkanes) is 2. The summed E-state index contributed by atoms with van der Waals surface area (Å²) in [5.74, 6) is 0. The average molecular weight is 140 g/mol. The molecule has 0 aromatic carbocycles. The molecule has 0 aliphatic rings. The second kappa shape index (κ2) is 6.46. The number of aliphatic imine (C=N–C) groups is 1. The molecule has 1 N–H and O–H groups in total. The molecule has 0 heterocycles. The highest BCUT2D eigenvalue weighted by Crippen LogP contribution is 1.98. The molecule has 0 rings (SSSR count). The molecule has 0 bridgehead atoms. The topological polar surface area (TPSA) is 36.2 Å². The average Bonchev–Trinajstić information content (AvgIpc) is 1.87. The molecule has 2 nitrogen and oxygen atoms in total. The molecule has 0 fully saturated rings. The summed E-state index contributed by atoms with van der Waals surface area (Å²) in [7, 11) is 1.79. The van der Waals surface area contributed by atoms with Gasteiger partial charge in [-0.25, -0.2) is 0 Å². The molecular formula is C8H16N2. The van der Waals surface area contributed by atoms with Gasteiger partial charge in [0.05, 0.1) is 0 Å². The molecule has 0 unspecified atom stereocenters. The number of hydrogen-bond acceptors (Lipinski definition) is 2. The quantitative estimate of drug-likeness (QED) is 0.449. The first-order valence-corrected chi connectivity index (χ1v) is 3.72. The maximum absolute atomic E-state index is 7.14. The van der Waals surface area contributed by atoms with E-state index in [0.717, 1.165) is 31.4 Å². The van der Waals surface area contributed by atoms with Gasteiger partial charge in [0.1, 0.15) is 0 Å². The molecule has 0 aliphatic carbocycles. The Bertz CT molecular complexity index is 116. The van der Waals surface area contributed by atoms with Gasteiger partial charge in [-0.1, -0.05) is 0 Å². The van der Waals surface area contributed by atoms with Gasteiger partial charge in [-0.05, 0) is 38.8 Å². The van der Waals surface area contributed by atoms with E-state index in [1.165, 1.54) is 0 Å². The number of nitrogens with one attached hydrogen (secondary N) is 1. The molecule has 0 saturated heterocycles. The third-order valence-electron chi connectivity index (χ3n) is 1.32. The van der Waals surface area contributed by atoms with Crippen molar-refractivity contribution in [2.45, 2.75) is 32.6 Å². The Labute approximate surface area is 62.9 Å². The second-order valence-corrected chi connectivity index (χ2v) is 2.47. The Kier molecular flexibility index (Phi) is 6.03. The molecule has 0 aromatic heterocycles. The predicted octanol–water partition coefficient (Wildman–Crippen LogP) is 2.29. The highest BCUT2D eigenvalue weighted by molar-refractivity contribution is 5.78. The molecule has 10 heavy (non-hydrogen) atoms. The second-order valence-electron chi connectivity index (χ2n) is 2.47. The molecule has 58 valence electrons. The van der Waals surface area contributed by atoms with E-state index in [-0.39, 0.29) is 0 Å². The molecular weight excluding hydrogens is 124 g/mol. The summed E-state index contributed by atoms with van der Waals surface area (Å²) < 4.78 is 0. The Balaban J connectivity index is 2.98. The third-order valence-corrected chi connectivity index (χ3v) is 1.32. The van der Waals surface area contributed by atoms with E-state index in [1.54, 1.807) is 7.05 Å². The molecule has 0 aromatic rings. The van der Waals surface area contributed by atoms with Crippen molar-refractivity contribution in [3.8, 4) is 0 Å². The highest BCUT2D eigenvalue weighted by Gasteiger charge is 1.87. The molecule has 0 spiro atoms. The van der Waals surface area contributed by atoms with Gasteiger partial charge in [-0.2, -0.15) is 0 Å². The van der Waals surface area contributed by atoms with Crippen molar-refractivity contribution in [2.75, 3.05) is 7.05 Å². The standard InChI is InChI=1S/C8H16N2/c1-8(9)6-4-3-5-7-10-2/h7,9H,3-6H2,1-2H3. The molecule has 0 radical (unpaired) electrons. The maximum atomic E-state index is 7.14. The predicted molar refractivity (Wildman–Crippen MR) is 46.3 cm³/mol. The normalized spacial score (nSPS) is 10.6. The summed E-state index contributed by atoms with van der Waals surface area (Å²) in [6, 6.07) is 0. The van der Waals surface area contributed by atoms with E-state index in [9.17, 15) is 0 Å². The van der Waals surface area contributed by atoms with Crippen LogP contribution in [0.25, 0.3) is 0 Å². The lowest BCUT2D eigenvalue weighted by Crippen LogP contribution is -1.88. The minimum Gasteiger partial charge on any atom is -0.310 e. The zero-order valence-corrected chi connectivity index (χ0v) is 6.85. The summed E-state index contributed by atoms with van der Waals surface area (Å²) in [5.41, 5.74) is 0.786. The van der Waals surface area contributed by atoms with Crippen LogP contribution in [-0.2, 0) is 0 Å². The lowest BCUT2D eigenvalue weighted by molar-refractivity contribution is 0.796. The van der Waals surface area contributed by atoms with E-state index in [0.29, 0.717) is 0 Å². The van der Waals surface area contributed by atoms with Crippen LogP contribution >= 0.6 is 0 Å². The molecule has 2 heteroatoms. The minimum absolute atomic E-state index is 0.786. The van der Waals surface area contributed by atoms with Crippen molar-refractivity contribution >= 4 is 11.9 Å². The van der Waals surface area contributed by atoms with Crippen molar-refractivity contribution in [3.63, 3.8) is 0 Å². The van der Waals surface area contributed by atoms with Gasteiger partial charge in [0, 0.05) is 12.8 Å². The first-order chi connectivity index (χ1) is 4.77. The Morgan fingerprint density at radius 3 is 2.70 bits per heavy atom. The Hall–Kier alpha value is -0.660. The van der Waals surface area contributed by atoms with Gasteiger partial charge in [-0.15, -0.1) is 0 Å². The molecule has 0 amide bonds. The number of hydrogen-bond donors (Lipinski definition) is 1. The van der Waals surface area contributed by atoms with Crippen LogP contribution in [0, 0.1) is 5.41 Å². The van der Waals surface area contributed by atoms with Gasteiger partial charge in [0.2, 0.25) is 0 Å². The van der Waals surface area contributed by atoms with Crippen LogP contribution in [0.3, 0.4) is 0 Å². The van der Waals surface area contributed by atoms with Gasteiger partial charge in [0.15, 0.2) is 0 Å². The van der Waals surface area contributed by atoms with Gasteiger partial charge in [-0.3, -0.25) is 0 Å². The largest absolute Gasteiger partial charge is 0.310 e. The first kappa shape index (κ1) is 9.34. The van der Waals surface area contributed by atoms with Crippen LogP contribution in [0.2, 0.25) is 0 Å². The van der Waals surface area contributed by atoms with Crippen molar-refractivity contribution in [3.05, 3.63) is 0 Å². The highest BCUT2D eigenvalue weighted by atomic mass is 14.6. The number of rotatable bonds is 5. The fraction of sp³-hybridized carbons (Fsp3) is 0.750. The Morgan fingerprint density at radius 1 is 1.50 bits per heavy atom. The van der Waals surface area contributed by atoms with Gasteiger partial charge in [0.25, 0.3) is 0 Å². The van der Waals surface area contributed by atoms with Crippen LogP contribution in [0.15, 0.2) is 4.99 Å². The van der Waals surface area contributed by atoms with Gasteiger partial charge < -0.3 is 10.4 Å². The lowest BCUT2D eigenvalue weighted by Gasteiger charge is -1.94. The lowest BCUT2D eigenvalue weighted by atomic mass is 10.1. The summed E-state index contributed by atoms with van der Waals surface area (Å²) >= 11 is 0. The van der Waals surface area contributed by atoms with Gasteiger partial charge >= 0.3 is 0 Å². The molecule has 0 atom stereocenters. The smallest absolute Gasteiger partial charge is 0.0273 e.